The Morgan fingerprint density at radius 3 is 1.05 bits per heavy atom. The van der Waals surface area contributed by atoms with E-state index >= 15 is 0 Å². The predicted octanol–water partition coefficient (Wildman–Crippen LogP) is 13.8. The highest BCUT2D eigenvalue weighted by Gasteiger charge is 2.10. The summed E-state index contributed by atoms with van der Waals surface area (Å²) in [4.78, 5) is 0. The van der Waals surface area contributed by atoms with Gasteiger partial charge in [-0.05, 0) is 37.7 Å². The van der Waals surface area contributed by atoms with Crippen LogP contribution >= 0.6 is 0 Å². The molecule has 0 aliphatic heterocycles. The smallest absolute Gasteiger partial charge is 0.172 e. The topological polar surface area (TPSA) is 3.88 Å². The predicted molar refractivity (Wildman–Crippen MR) is 190 cm³/mol. The molecule has 0 spiro atoms. The molecule has 0 N–H and O–H groups in total. The highest BCUT2D eigenvalue weighted by Crippen LogP contribution is 2.18. The van der Waals surface area contributed by atoms with Gasteiger partial charge in [0.2, 0.25) is 0 Å². The van der Waals surface area contributed by atoms with Crippen LogP contribution in [0.1, 0.15) is 225 Å². The van der Waals surface area contributed by atoms with Gasteiger partial charge in [0.05, 0.1) is 0 Å². The number of nitrogens with zero attached hydrogens (tertiary/aromatic N) is 1. The van der Waals surface area contributed by atoms with E-state index in [-0.39, 0.29) is 0 Å². The van der Waals surface area contributed by atoms with Crippen LogP contribution in [0, 0.1) is 0 Å². The van der Waals surface area contributed by atoms with E-state index in [1.54, 1.807) is 11.1 Å². The summed E-state index contributed by atoms with van der Waals surface area (Å²) >= 11 is 0. The first-order valence-electron chi connectivity index (χ1n) is 19.8. The summed E-state index contributed by atoms with van der Waals surface area (Å²) in [6.07, 6.45) is 50.3. The van der Waals surface area contributed by atoms with Crippen LogP contribution in [0.4, 0.5) is 0 Å². The minimum absolute atomic E-state index is 1.21. The number of unbranched alkanes of at least 4 members (excludes halogenated alkanes) is 27. The van der Waals surface area contributed by atoms with Crippen molar-refractivity contribution in [2.45, 2.75) is 233 Å². The quantitative estimate of drug-likeness (QED) is 0.0571. The molecule has 1 heteroatoms. The molecular formula is C41H78N+. The zero-order valence-corrected chi connectivity index (χ0v) is 29.5. The summed E-state index contributed by atoms with van der Waals surface area (Å²) in [5.74, 6) is 0. The van der Waals surface area contributed by atoms with Crippen molar-refractivity contribution in [1.29, 1.82) is 0 Å². The van der Waals surface area contributed by atoms with Crippen LogP contribution in [0.3, 0.4) is 0 Å². The molecule has 0 saturated heterocycles. The van der Waals surface area contributed by atoms with Crippen LogP contribution in [-0.2, 0) is 19.4 Å². The van der Waals surface area contributed by atoms with Gasteiger partial charge in [-0.2, -0.15) is 0 Å². The van der Waals surface area contributed by atoms with E-state index < -0.39 is 0 Å². The largest absolute Gasteiger partial charge is 0.205 e. The third-order valence-corrected chi connectivity index (χ3v) is 9.57. The van der Waals surface area contributed by atoms with Gasteiger partial charge in [-0.15, -0.1) is 0 Å². The normalized spacial score (nSPS) is 11.5. The van der Waals surface area contributed by atoms with Crippen molar-refractivity contribution in [2.75, 3.05) is 0 Å². The van der Waals surface area contributed by atoms with Crippen molar-refractivity contribution < 1.29 is 4.57 Å². The van der Waals surface area contributed by atoms with Crippen molar-refractivity contribution in [3.63, 3.8) is 0 Å². The lowest BCUT2D eigenvalue weighted by atomic mass is 9.97. The monoisotopic (exact) mass is 585 g/mol. The zero-order chi connectivity index (χ0) is 30.2. The van der Waals surface area contributed by atoms with E-state index in [9.17, 15) is 0 Å². The number of aryl methyl sites for hydroxylation is 3. The average molecular weight is 585 g/mol. The van der Waals surface area contributed by atoms with Crippen molar-refractivity contribution in [3.8, 4) is 0 Å². The first kappa shape index (κ1) is 39.2. The Bertz CT molecular complexity index is 665. The molecule has 0 saturated carbocycles. The van der Waals surface area contributed by atoms with E-state index in [1.807, 2.05) is 0 Å². The second-order valence-corrected chi connectivity index (χ2v) is 13.8. The molecule has 246 valence electrons. The number of hydrogen-bond donors (Lipinski definition) is 0. The summed E-state index contributed by atoms with van der Waals surface area (Å²) in [5.41, 5.74) is 3.32. The minimum Gasteiger partial charge on any atom is -0.205 e. The highest BCUT2D eigenvalue weighted by molar-refractivity contribution is 5.21. The maximum Gasteiger partial charge on any atom is 0.172 e. The van der Waals surface area contributed by atoms with Crippen molar-refractivity contribution in [2.24, 2.45) is 0 Å². The fraction of sp³-hybridized carbons (Fsp3) is 0.878. The van der Waals surface area contributed by atoms with Crippen molar-refractivity contribution in [3.05, 3.63) is 29.6 Å². The molecule has 42 heavy (non-hydrogen) atoms. The Balaban J connectivity index is 2.33. The Labute approximate surface area is 266 Å². The van der Waals surface area contributed by atoms with Crippen LogP contribution in [-0.4, -0.2) is 0 Å². The van der Waals surface area contributed by atoms with E-state index in [1.165, 1.54) is 212 Å². The van der Waals surface area contributed by atoms with Crippen molar-refractivity contribution in [1.82, 2.24) is 0 Å². The van der Waals surface area contributed by atoms with E-state index in [2.05, 4.69) is 43.8 Å². The summed E-state index contributed by atoms with van der Waals surface area (Å²) in [6.45, 7) is 8.15. The van der Waals surface area contributed by atoms with Gasteiger partial charge in [0, 0.05) is 18.1 Å². The molecule has 0 aliphatic carbocycles. The minimum atomic E-state index is 1.21. The van der Waals surface area contributed by atoms with Gasteiger partial charge in [0.25, 0.3) is 0 Å². The summed E-state index contributed by atoms with van der Waals surface area (Å²) < 4.78 is 2.53. The molecule has 0 fully saturated rings. The molecule has 0 aromatic carbocycles. The van der Waals surface area contributed by atoms with Gasteiger partial charge in [0.1, 0.15) is 6.54 Å². The molecule has 1 aromatic rings. The average Bonchev–Trinajstić information content (AvgIpc) is 3.00. The highest BCUT2D eigenvalue weighted by atomic mass is 14.9. The fourth-order valence-corrected chi connectivity index (χ4v) is 6.61. The van der Waals surface area contributed by atoms with E-state index in [4.69, 9.17) is 0 Å². The Kier molecular flexibility index (Phi) is 29.4. The molecule has 0 aliphatic rings. The number of rotatable bonds is 33. The Hall–Kier alpha value is -0.850. The Morgan fingerprint density at radius 1 is 0.357 bits per heavy atom. The SMILES string of the molecule is CCCCCCCCCCCCCC[n+]1ccc(CCCCCCCCCCC)c(CCCCCCCCCCC)c1. The Morgan fingerprint density at radius 2 is 0.667 bits per heavy atom. The zero-order valence-electron chi connectivity index (χ0n) is 29.5. The third-order valence-electron chi connectivity index (χ3n) is 9.57. The molecule has 0 amide bonds. The van der Waals surface area contributed by atoms with Gasteiger partial charge in [0.15, 0.2) is 12.4 Å². The maximum atomic E-state index is 2.55. The van der Waals surface area contributed by atoms with Crippen molar-refractivity contribution >= 4 is 0 Å². The lowest BCUT2D eigenvalue weighted by molar-refractivity contribution is -0.697. The van der Waals surface area contributed by atoms with Gasteiger partial charge in [-0.3, -0.25) is 0 Å². The standard InChI is InChI=1S/C41H78N/c1-4-7-10-13-16-19-20-21-24-27-30-33-37-42-38-36-40(34-31-28-25-22-17-14-11-8-5-2)41(39-42)35-32-29-26-23-18-15-12-9-6-3/h36,38-39H,4-35,37H2,1-3H3/q+1. The lowest BCUT2D eigenvalue weighted by Gasteiger charge is -2.10. The molecule has 1 nitrogen and oxygen atoms in total. The summed E-state index contributed by atoms with van der Waals surface area (Å²) in [6, 6.07) is 2.49. The molecule has 1 heterocycles. The molecule has 1 aromatic heterocycles. The molecule has 0 unspecified atom stereocenters. The lowest BCUT2D eigenvalue weighted by Crippen LogP contribution is -2.34. The first-order chi connectivity index (χ1) is 20.8. The van der Waals surface area contributed by atoms with Gasteiger partial charge in [-0.1, -0.05) is 188 Å². The van der Waals surface area contributed by atoms with E-state index in [0.717, 1.165) is 0 Å². The van der Waals surface area contributed by atoms with Crippen LogP contribution in [0.2, 0.25) is 0 Å². The van der Waals surface area contributed by atoms with Gasteiger partial charge < -0.3 is 0 Å². The second-order valence-electron chi connectivity index (χ2n) is 13.8. The van der Waals surface area contributed by atoms with Gasteiger partial charge in [-0.25, -0.2) is 4.57 Å². The molecule has 1 rings (SSSR count). The maximum absolute atomic E-state index is 2.55. The summed E-state index contributed by atoms with van der Waals surface area (Å²) in [7, 11) is 0. The molecular weight excluding hydrogens is 506 g/mol. The summed E-state index contributed by atoms with van der Waals surface area (Å²) in [5, 5.41) is 0. The fourth-order valence-electron chi connectivity index (χ4n) is 6.61. The van der Waals surface area contributed by atoms with Crippen LogP contribution in [0.25, 0.3) is 0 Å². The van der Waals surface area contributed by atoms with Crippen LogP contribution in [0.5, 0.6) is 0 Å². The third kappa shape index (κ3) is 24.6. The molecule has 0 bridgehead atoms. The number of aromatic nitrogens is 1. The number of hydrogen-bond acceptors (Lipinski definition) is 0. The van der Waals surface area contributed by atoms with Crippen LogP contribution < -0.4 is 4.57 Å². The van der Waals surface area contributed by atoms with E-state index in [0.29, 0.717) is 0 Å². The molecule has 0 radical (unpaired) electrons. The second kappa shape index (κ2) is 31.6. The number of pyridine rings is 1. The first-order valence-corrected chi connectivity index (χ1v) is 19.8. The van der Waals surface area contributed by atoms with Gasteiger partial charge >= 0.3 is 0 Å². The van der Waals surface area contributed by atoms with Crippen LogP contribution in [0.15, 0.2) is 18.5 Å². The molecule has 0 atom stereocenters.